The van der Waals surface area contributed by atoms with Crippen LogP contribution in [0.15, 0.2) is 54.6 Å². The highest BCUT2D eigenvalue weighted by Gasteiger charge is 2.43. The lowest BCUT2D eigenvalue weighted by molar-refractivity contribution is 0.0254. The van der Waals surface area contributed by atoms with Gasteiger partial charge < -0.3 is 10.5 Å². The molecular formula is C22H26N2O2. The van der Waals surface area contributed by atoms with Crippen LogP contribution in [0.25, 0.3) is 0 Å². The van der Waals surface area contributed by atoms with Crippen LogP contribution >= 0.6 is 0 Å². The Morgan fingerprint density at radius 2 is 1.77 bits per heavy atom. The van der Waals surface area contributed by atoms with Gasteiger partial charge in [-0.15, -0.1) is 0 Å². The number of rotatable bonds is 5. The molecule has 2 aromatic rings. The normalized spacial score (nSPS) is 26.4. The molecule has 2 bridgehead atoms. The molecule has 2 aliphatic rings. The van der Waals surface area contributed by atoms with E-state index in [4.69, 9.17) is 10.5 Å². The Bertz CT molecular complexity index is 763. The summed E-state index contributed by atoms with van der Waals surface area (Å²) in [5.74, 6) is 0.331. The van der Waals surface area contributed by atoms with Crippen LogP contribution in [-0.4, -0.2) is 29.0 Å². The van der Waals surface area contributed by atoms with Gasteiger partial charge in [-0.25, -0.2) is 0 Å². The predicted octanol–water partition coefficient (Wildman–Crippen LogP) is 3.92. The van der Waals surface area contributed by atoms with Crippen LogP contribution in [0.5, 0.6) is 5.75 Å². The summed E-state index contributed by atoms with van der Waals surface area (Å²) in [5, 5.41) is 0. The number of ether oxygens (including phenoxy) is 1. The standard InChI is InChI=1S/C22H26N2O2/c1-15(16-6-3-2-4-7-16)24-18-10-11-19(24)14-21(13-18)26-20-9-5-8-17(12-20)22(23)25/h2-9,12,15,18-19,21H,10-11,13-14H2,1H3,(H2,23,25)/t15-,18-,19+,21?/m0/s1. The van der Waals surface area contributed by atoms with Gasteiger partial charge in [0.05, 0.1) is 0 Å². The minimum absolute atomic E-state index is 0.204. The zero-order valence-corrected chi connectivity index (χ0v) is 15.2. The molecule has 4 atom stereocenters. The van der Waals surface area contributed by atoms with Gasteiger partial charge in [0.1, 0.15) is 11.9 Å². The number of nitrogens with zero attached hydrogens (tertiary/aromatic N) is 1. The number of fused-ring (bicyclic) bond motifs is 2. The zero-order valence-electron chi connectivity index (χ0n) is 15.2. The van der Waals surface area contributed by atoms with E-state index in [2.05, 4.69) is 42.2 Å². The fourth-order valence-electron chi connectivity index (χ4n) is 4.71. The number of carbonyl (C=O) groups is 1. The highest BCUT2D eigenvalue weighted by Crippen LogP contribution is 2.42. The van der Waals surface area contributed by atoms with Crippen LogP contribution in [0.3, 0.4) is 0 Å². The molecule has 4 rings (SSSR count). The fourth-order valence-corrected chi connectivity index (χ4v) is 4.71. The quantitative estimate of drug-likeness (QED) is 0.889. The van der Waals surface area contributed by atoms with Crippen molar-refractivity contribution in [3.63, 3.8) is 0 Å². The summed E-state index contributed by atoms with van der Waals surface area (Å²) in [6, 6.07) is 19.5. The number of carbonyl (C=O) groups excluding carboxylic acids is 1. The van der Waals surface area contributed by atoms with E-state index >= 15 is 0 Å². The van der Waals surface area contributed by atoms with Crippen LogP contribution < -0.4 is 10.5 Å². The maximum Gasteiger partial charge on any atom is 0.248 e. The average Bonchev–Trinajstić information content (AvgIpc) is 2.92. The Morgan fingerprint density at radius 3 is 2.42 bits per heavy atom. The van der Waals surface area contributed by atoms with E-state index < -0.39 is 5.91 Å². The molecule has 1 amide bonds. The first-order chi connectivity index (χ1) is 12.6. The Labute approximate surface area is 155 Å². The van der Waals surface area contributed by atoms with Gasteiger partial charge in [0.15, 0.2) is 0 Å². The van der Waals surface area contributed by atoms with Crippen LogP contribution in [0.2, 0.25) is 0 Å². The van der Waals surface area contributed by atoms with Gasteiger partial charge in [-0.05, 0) is 56.4 Å². The Hall–Kier alpha value is -2.33. The fraction of sp³-hybridized carbons (Fsp3) is 0.409. The van der Waals surface area contributed by atoms with E-state index in [1.54, 1.807) is 12.1 Å². The Kier molecular flexibility index (Phi) is 4.68. The molecule has 4 nitrogen and oxygen atoms in total. The zero-order chi connectivity index (χ0) is 18.1. The van der Waals surface area contributed by atoms with E-state index in [1.807, 2.05) is 12.1 Å². The minimum Gasteiger partial charge on any atom is -0.490 e. The number of amides is 1. The topological polar surface area (TPSA) is 55.6 Å². The van der Waals surface area contributed by atoms with Gasteiger partial charge in [-0.3, -0.25) is 9.69 Å². The molecule has 0 radical (unpaired) electrons. The molecule has 2 saturated heterocycles. The van der Waals surface area contributed by atoms with Crippen molar-refractivity contribution in [3.8, 4) is 5.75 Å². The van der Waals surface area contributed by atoms with E-state index in [-0.39, 0.29) is 6.10 Å². The SMILES string of the molecule is C[C@@H](c1ccccc1)N1[C@@H]2CC[C@H]1CC(Oc1cccc(C(N)=O)c1)C2. The molecule has 2 fully saturated rings. The molecule has 0 aliphatic carbocycles. The smallest absolute Gasteiger partial charge is 0.248 e. The highest BCUT2D eigenvalue weighted by molar-refractivity contribution is 5.93. The maximum absolute atomic E-state index is 11.4. The second kappa shape index (κ2) is 7.12. The van der Waals surface area contributed by atoms with Crippen LogP contribution in [-0.2, 0) is 0 Å². The van der Waals surface area contributed by atoms with Crippen molar-refractivity contribution in [2.24, 2.45) is 5.73 Å². The van der Waals surface area contributed by atoms with Gasteiger partial charge in [-0.1, -0.05) is 36.4 Å². The molecule has 26 heavy (non-hydrogen) atoms. The Balaban J connectivity index is 1.45. The summed E-state index contributed by atoms with van der Waals surface area (Å²) < 4.78 is 6.23. The van der Waals surface area contributed by atoms with Crippen LogP contribution in [0, 0.1) is 0 Å². The van der Waals surface area contributed by atoms with Gasteiger partial charge in [-0.2, -0.15) is 0 Å². The first-order valence-corrected chi connectivity index (χ1v) is 9.50. The van der Waals surface area contributed by atoms with Crippen LogP contribution in [0.1, 0.15) is 54.6 Å². The van der Waals surface area contributed by atoms with E-state index in [0.717, 1.165) is 18.6 Å². The van der Waals surface area contributed by atoms with Crippen molar-refractivity contribution in [3.05, 3.63) is 65.7 Å². The second-order valence-electron chi connectivity index (χ2n) is 7.52. The molecule has 1 unspecified atom stereocenters. The highest BCUT2D eigenvalue weighted by atomic mass is 16.5. The number of hydrogen-bond donors (Lipinski definition) is 1. The molecule has 0 saturated carbocycles. The number of piperidine rings is 1. The van der Waals surface area contributed by atoms with Gasteiger partial charge in [0.2, 0.25) is 5.91 Å². The lowest BCUT2D eigenvalue weighted by Crippen LogP contribution is -2.47. The van der Waals surface area contributed by atoms with Crippen molar-refractivity contribution >= 4 is 5.91 Å². The van der Waals surface area contributed by atoms with Crippen molar-refractivity contribution in [1.29, 1.82) is 0 Å². The number of benzene rings is 2. The van der Waals surface area contributed by atoms with Crippen LogP contribution in [0.4, 0.5) is 0 Å². The summed E-state index contributed by atoms with van der Waals surface area (Å²) in [7, 11) is 0. The van der Waals surface area contributed by atoms with Crippen molar-refractivity contribution in [2.45, 2.75) is 56.8 Å². The lowest BCUT2D eigenvalue weighted by atomic mass is 9.95. The van der Waals surface area contributed by atoms with Crippen molar-refractivity contribution in [2.75, 3.05) is 0 Å². The first kappa shape index (κ1) is 17.1. The third-order valence-electron chi connectivity index (χ3n) is 5.90. The molecule has 136 valence electrons. The molecule has 0 spiro atoms. The molecule has 2 N–H and O–H groups in total. The van der Waals surface area contributed by atoms with Gasteiger partial charge in [0.25, 0.3) is 0 Å². The lowest BCUT2D eigenvalue weighted by Gasteiger charge is -2.42. The molecule has 4 heteroatoms. The Morgan fingerprint density at radius 1 is 1.08 bits per heavy atom. The molecule has 2 heterocycles. The third-order valence-corrected chi connectivity index (χ3v) is 5.90. The van der Waals surface area contributed by atoms with E-state index in [9.17, 15) is 4.79 Å². The summed E-state index contributed by atoms with van der Waals surface area (Å²) in [6.45, 7) is 2.32. The summed E-state index contributed by atoms with van der Waals surface area (Å²) in [6.07, 6.45) is 4.75. The average molecular weight is 350 g/mol. The maximum atomic E-state index is 11.4. The predicted molar refractivity (Wildman–Crippen MR) is 102 cm³/mol. The monoisotopic (exact) mass is 350 g/mol. The number of hydrogen-bond acceptors (Lipinski definition) is 3. The minimum atomic E-state index is -0.415. The first-order valence-electron chi connectivity index (χ1n) is 9.50. The van der Waals surface area contributed by atoms with Gasteiger partial charge >= 0.3 is 0 Å². The van der Waals surface area contributed by atoms with E-state index in [0.29, 0.717) is 23.7 Å². The second-order valence-corrected chi connectivity index (χ2v) is 7.52. The van der Waals surface area contributed by atoms with E-state index in [1.165, 1.54) is 18.4 Å². The molecule has 2 aliphatic heterocycles. The third kappa shape index (κ3) is 3.34. The molecule has 2 aromatic carbocycles. The molecular weight excluding hydrogens is 324 g/mol. The summed E-state index contributed by atoms with van der Waals surface area (Å²) in [4.78, 5) is 14.1. The van der Waals surface area contributed by atoms with Crippen molar-refractivity contribution in [1.82, 2.24) is 4.90 Å². The van der Waals surface area contributed by atoms with Crippen molar-refractivity contribution < 1.29 is 9.53 Å². The number of nitrogens with two attached hydrogens (primary N) is 1. The number of primary amides is 1. The van der Waals surface area contributed by atoms with Gasteiger partial charge in [0, 0.05) is 23.7 Å². The largest absolute Gasteiger partial charge is 0.490 e. The summed E-state index contributed by atoms with van der Waals surface area (Å²) >= 11 is 0. The summed E-state index contributed by atoms with van der Waals surface area (Å²) in [5.41, 5.74) is 7.26. The molecule has 0 aromatic heterocycles.